The summed E-state index contributed by atoms with van der Waals surface area (Å²) in [4.78, 5) is 11.7. The van der Waals surface area contributed by atoms with Gasteiger partial charge in [-0.1, -0.05) is 39.0 Å². The molecule has 0 aromatic rings. The van der Waals surface area contributed by atoms with E-state index in [0.717, 1.165) is 38.0 Å². The molecule has 0 radical (unpaired) electrons. The fourth-order valence-corrected chi connectivity index (χ4v) is 3.91. The Morgan fingerprint density at radius 2 is 1.71 bits per heavy atom. The molecule has 0 amide bonds. The summed E-state index contributed by atoms with van der Waals surface area (Å²) in [5, 5.41) is 9.61. The molecule has 2 aliphatic carbocycles. The van der Waals surface area contributed by atoms with Gasteiger partial charge in [0.1, 0.15) is 0 Å². The van der Waals surface area contributed by atoms with E-state index < -0.39 is 5.97 Å². The molecule has 17 heavy (non-hydrogen) atoms. The molecule has 0 spiro atoms. The Labute approximate surface area is 105 Å². The van der Waals surface area contributed by atoms with Gasteiger partial charge in [0.05, 0.1) is 5.41 Å². The van der Waals surface area contributed by atoms with Crippen molar-refractivity contribution in [2.45, 2.75) is 71.1 Å². The molecule has 98 valence electrons. The quantitative estimate of drug-likeness (QED) is 0.795. The van der Waals surface area contributed by atoms with Crippen LogP contribution in [0.25, 0.3) is 0 Å². The van der Waals surface area contributed by atoms with Gasteiger partial charge in [-0.25, -0.2) is 0 Å². The number of carboxylic acids is 1. The molecule has 2 rings (SSSR count). The zero-order chi connectivity index (χ0) is 12.3. The molecule has 2 aliphatic rings. The molecule has 2 fully saturated rings. The van der Waals surface area contributed by atoms with Gasteiger partial charge < -0.3 is 5.11 Å². The third kappa shape index (κ3) is 2.83. The third-order valence-electron chi connectivity index (χ3n) is 5.25. The normalized spacial score (nSPS) is 35.0. The van der Waals surface area contributed by atoms with Crippen LogP contribution in [0.1, 0.15) is 71.1 Å². The molecule has 0 saturated heterocycles. The number of hydrogen-bond donors (Lipinski definition) is 1. The Bertz CT molecular complexity index is 258. The summed E-state index contributed by atoms with van der Waals surface area (Å²) in [5.41, 5.74) is -0.360. The Morgan fingerprint density at radius 3 is 2.18 bits per heavy atom. The van der Waals surface area contributed by atoms with Crippen molar-refractivity contribution in [3.05, 3.63) is 0 Å². The lowest BCUT2D eigenvalue weighted by Crippen LogP contribution is -2.37. The van der Waals surface area contributed by atoms with Gasteiger partial charge in [-0.05, 0) is 43.9 Å². The highest BCUT2D eigenvalue weighted by atomic mass is 16.4. The highest BCUT2D eigenvalue weighted by molar-refractivity contribution is 5.74. The van der Waals surface area contributed by atoms with E-state index in [0.29, 0.717) is 5.92 Å². The van der Waals surface area contributed by atoms with E-state index in [2.05, 4.69) is 6.92 Å². The van der Waals surface area contributed by atoms with Crippen LogP contribution < -0.4 is 0 Å². The molecular weight excluding hydrogens is 212 g/mol. The van der Waals surface area contributed by atoms with E-state index in [4.69, 9.17) is 0 Å². The molecule has 0 aromatic carbocycles. The summed E-state index contributed by atoms with van der Waals surface area (Å²) in [6.07, 6.45) is 11.5. The van der Waals surface area contributed by atoms with E-state index in [1.807, 2.05) is 0 Å². The average molecular weight is 238 g/mol. The molecule has 0 aromatic heterocycles. The fourth-order valence-electron chi connectivity index (χ4n) is 3.91. The van der Waals surface area contributed by atoms with Crippen LogP contribution >= 0.6 is 0 Å². The maximum Gasteiger partial charge on any atom is 0.309 e. The van der Waals surface area contributed by atoms with Gasteiger partial charge in [-0.15, -0.1) is 0 Å². The van der Waals surface area contributed by atoms with Crippen LogP contribution in [0.4, 0.5) is 0 Å². The van der Waals surface area contributed by atoms with Crippen molar-refractivity contribution in [1.29, 1.82) is 0 Å². The minimum atomic E-state index is -0.515. The molecule has 0 heterocycles. The van der Waals surface area contributed by atoms with E-state index >= 15 is 0 Å². The van der Waals surface area contributed by atoms with E-state index in [1.54, 1.807) is 0 Å². The molecule has 2 heteroatoms. The molecule has 0 bridgehead atoms. The van der Waals surface area contributed by atoms with Gasteiger partial charge in [0.25, 0.3) is 0 Å². The van der Waals surface area contributed by atoms with Gasteiger partial charge in [0.2, 0.25) is 0 Å². The van der Waals surface area contributed by atoms with E-state index in [1.165, 1.54) is 32.1 Å². The van der Waals surface area contributed by atoms with E-state index in [-0.39, 0.29) is 5.41 Å². The third-order valence-corrected chi connectivity index (χ3v) is 5.25. The van der Waals surface area contributed by atoms with Crippen LogP contribution in [0.15, 0.2) is 0 Å². The molecule has 1 N–H and O–H groups in total. The number of aliphatic carboxylic acids is 1. The van der Waals surface area contributed by atoms with Crippen molar-refractivity contribution < 1.29 is 9.90 Å². The lowest BCUT2D eigenvalue weighted by atomic mass is 9.66. The monoisotopic (exact) mass is 238 g/mol. The summed E-state index contributed by atoms with van der Waals surface area (Å²) in [6, 6.07) is 0. The topological polar surface area (TPSA) is 37.3 Å². The van der Waals surface area contributed by atoms with Crippen LogP contribution in [-0.2, 0) is 4.79 Å². The smallest absolute Gasteiger partial charge is 0.309 e. The highest BCUT2D eigenvalue weighted by Gasteiger charge is 2.43. The summed E-state index contributed by atoms with van der Waals surface area (Å²) in [6.45, 7) is 2.23. The lowest BCUT2D eigenvalue weighted by molar-refractivity contribution is -0.153. The second-order valence-electron chi connectivity index (χ2n) is 6.29. The molecule has 0 aliphatic heterocycles. The summed E-state index contributed by atoms with van der Waals surface area (Å²) >= 11 is 0. The van der Waals surface area contributed by atoms with E-state index in [9.17, 15) is 9.90 Å². The summed E-state index contributed by atoms with van der Waals surface area (Å²) < 4.78 is 0. The van der Waals surface area contributed by atoms with Gasteiger partial charge in [0, 0.05) is 0 Å². The SMILES string of the molecule is CCC1CCC(CC2CCCC2)(C(=O)O)CC1. The first-order valence-electron chi connectivity index (χ1n) is 7.39. The van der Waals surface area contributed by atoms with Crippen molar-refractivity contribution in [2.75, 3.05) is 0 Å². The fraction of sp³-hybridized carbons (Fsp3) is 0.933. The van der Waals surface area contributed by atoms with Gasteiger partial charge >= 0.3 is 5.97 Å². The van der Waals surface area contributed by atoms with Crippen LogP contribution in [0, 0.1) is 17.3 Å². The minimum absolute atomic E-state index is 0.360. The predicted octanol–water partition coefficient (Wildman–Crippen LogP) is 4.24. The van der Waals surface area contributed by atoms with Gasteiger partial charge in [0.15, 0.2) is 0 Å². The maximum atomic E-state index is 11.7. The average Bonchev–Trinajstić information content (AvgIpc) is 2.82. The highest BCUT2D eigenvalue weighted by Crippen LogP contribution is 2.47. The minimum Gasteiger partial charge on any atom is -0.481 e. The standard InChI is InChI=1S/C15H26O2/c1-2-12-7-9-15(10-8-12,14(16)17)11-13-5-3-4-6-13/h12-13H,2-11H2,1H3,(H,16,17). The zero-order valence-corrected chi connectivity index (χ0v) is 11.1. The van der Waals surface area contributed by atoms with Crippen LogP contribution in [-0.4, -0.2) is 11.1 Å². The van der Waals surface area contributed by atoms with Crippen LogP contribution in [0.3, 0.4) is 0 Å². The molecule has 0 atom stereocenters. The molecule has 2 nitrogen and oxygen atoms in total. The number of carbonyl (C=O) groups is 1. The second-order valence-corrected chi connectivity index (χ2v) is 6.29. The summed E-state index contributed by atoms with van der Waals surface area (Å²) in [5.74, 6) is 0.967. The Hall–Kier alpha value is -0.530. The Morgan fingerprint density at radius 1 is 1.12 bits per heavy atom. The largest absolute Gasteiger partial charge is 0.481 e. The molecule has 0 unspecified atom stereocenters. The second kappa shape index (κ2) is 5.41. The van der Waals surface area contributed by atoms with Gasteiger partial charge in [-0.2, -0.15) is 0 Å². The first-order chi connectivity index (χ1) is 8.16. The molecular formula is C15H26O2. The van der Waals surface area contributed by atoms with Crippen molar-refractivity contribution >= 4 is 5.97 Å². The Balaban J connectivity index is 1.98. The first kappa shape index (κ1) is 12.9. The first-order valence-corrected chi connectivity index (χ1v) is 7.39. The number of carboxylic acid groups (broad SMARTS) is 1. The van der Waals surface area contributed by atoms with Crippen LogP contribution in [0.5, 0.6) is 0 Å². The Kier molecular flexibility index (Phi) is 4.11. The summed E-state index contributed by atoms with van der Waals surface area (Å²) in [7, 11) is 0. The zero-order valence-electron chi connectivity index (χ0n) is 11.1. The van der Waals surface area contributed by atoms with Gasteiger partial charge in [-0.3, -0.25) is 4.79 Å². The van der Waals surface area contributed by atoms with Crippen LogP contribution in [0.2, 0.25) is 0 Å². The predicted molar refractivity (Wildman–Crippen MR) is 68.9 cm³/mol. The van der Waals surface area contributed by atoms with Crippen molar-refractivity contribution in [1.82, 2.24) is 0 Å². The lowest BCUT2D eigenvalue weighted by Gasteiger charge is -2.38. The number of rotatable bonds is 4. The van der Waals surface area contributed by atoms with Crippen molar-refractivity contribution in [3.8, 4) is 0 Å². The van der Waals surface area contributed by atoms with Crippen molar-refractivity contribution in [2.24, 2.45) is 17.3 Å². The number of hydrogen-bond acceptors (Lipinski definition) is 1. The maximum absolute atomic E-state index is 11.7. The molecule has 2 saturated carbocycles. The van der Waals surface area contributed by atoms with Crippen molar-refractivity contribution in [3.63, 3.8) is 0 Å².